The molecular formula is C14H16F3N3O. The number of aromatic nitrogens is 2. The van der Waals surface area contributed by atoms with Crippen LogP contribution in [0.5, 0.6) is 0 Å². The van der Waals surface area contributed by atoms with Crippen LogP contribution in [-0.4, -0.2) is 16.3 Å². The van der Waals surface area contributed by atoms with Crippen LogP contribution in [0.15, 0.2) is 28.8 Å². The largest absolute Gasteiger partial charge is 0.399 e. The van der Waals surface area contributed by atoms with Crippen molar-refractivity contribution in [2.24, 2.45) is 0 Å². The molecule has 7 heteroatoms. The Morgan fingerprint density at radius 3 is 2.33 bits per heavy atom. The molecule has 2 rings (SSSR count). The zero-order valence-electron chi connectivity index (χ0n) is 11.7. The van der Waals surface area contributed by atoms with Gasteiger partial charge in [-0.3, -0.25) is 0 Å². The average Bonchev–Trinajstić information content (AvgIpc) is 2.85. The molecule has 0 radical (unpaired) electrons. The Morgan fingerprint density at radius 2 is 1.76 bits per heavy atom. The lowest BCUT2D eigenvalue weighted by atomic mass is 9.84. The molecule has 0 saturated heterocycles. The maximum absolute atomic E-state index is 12.2. The SMILES string of the molecule is CC(C)(c1ccc(N)cc1)c1nc(CCC(F)(F)F)no1. The second-order valence-electron chi connectivity index (χ2n) is 5.38. The first-order valence-electron chi connectivity index (χ1n) is 6.44. The van der Waals surface area contributed by atoms with Crippen LogP contribution in [0, 0.1) is 0 Å². The van der Waals surface area contributed by atoms with Gasteiger partial charge in [-0.05, 0) is 31.5 Å². The maximum atomic E-state index is 12.2. The van der Waals surface area contributed by atoms with Crippen LogP contribution >= 0.6 is 0 Å². The number of nitrogens with two attached hydrogens (primary N) is 1. The Morgan fingerprint density at radius 1 is 1.14 bits per heavy atom. The molecule has 1 aromatic heterocycles. The van der Waals surface area contributed by atoms with E-state index < -0.39 is 18.0 Å². The highest BCUT2D eigenvalue weighted by atomic mass is 19.4. The molecule has 0 bridgehead atoms. The van der Waals surface area contributed by atoms with Crippen molar-refractivity contribution in [1.82, 2.24) is 10.1 Å². The summed E-state index contributed by atoms with van der Waals surface area (Å²) < 4.78 is 41.7. The van der Waals surface area contributed by atoms with Gasteiger partial charge in [-0.2, -0.15) is 18.2 Å². The highest BCUT2D eigenvalue weighted by molar-refractivity contribution is 5.42. The number of rotatable bonds is 4. The fraction of sp³-hybridized carbons (Fsp3) is 0.429. The highest BCUT2D eigenvalue weighted by Gasteiger charge is 2.31. The molecule has 114 valence electrons. The molecule has 0 saturated carbocycles. The van der Waals surface area contributed by atoms with E-state index in [0.29, 0.717) is 5.69 Å². The molecule has 0 aliphatic rings. The lowest BCUT2D eigenvalue weighted by Gasteiger charge is -2.20. The van der Waals surface area contributed by atoms with Crippen LogP contribution in [0.3, 0.4) is 0 Å². The summed E-state index contributed by atoms with van der Waals surface area (Å²) in [4.78, 5) is 4.07. The Hall–Kier alpha value is -2.05. The molecule has 0 atom stereocenters. The number of nitrogens with zero attached hydrogens (tertiary/aromatic N) is 2. The quantitative estimate of drug-likeness (QED) is 0.878. The molecule has 0 amide bonds. The van der Waals surface area contributed by atoms with Crippen LogP contribution in [0.4, 0.5) is 18.9 Å². The summed E-state index contributed by atoms with van der Waals surface area (Å²) >= 11 is 0. The van der Waals surface area contributed by atoms with Gasteiger partial charge in [-0.1, -0.05) is 17.3 Å². The summed E-state index contributed by atoms with van der Waals surface area (Å²) in [5.41, 5.74) is 6.56. The van der Waals surface area contributed by atoms with Crippen molar-refractivity contribution in [3.05, 3.63) is 41.5 Å². The average molecular weight is 299 g/mol. The monoisotopic (exact) mass is 299 g/mol. The Balaban J connectivity index is 2.17. The molecule has 0 aliphatic heterocycles. The van der Waals surface area contributed by atoms with Gasteiger partial charge in [-0.25, -0.2) is 0 Å². The van der Waals surface area contributed by atoms with E-state index in [9.17, 15) is 13.2 Å². The van der Waals surface area contributed by atoms with Gasteiger partial charge in [0.25, 0.3) is 0 Å². The number of alkyl halides is 3. The van der Waals surface area contributed by atoms with Crippen LogP contribution < -0.4 is 5.73 Å². The molecule has 4 nitrogen and oxygen atoms in total. The minimum Gasteiger partial charge on any atom is -0.399 e. The standard InChI is InChI=1S/C14H16F3N3O/c1-13(2,9-3-5-10(18)6-4-9)12-19-11(20-21-12)7-8-14(15,16)17/h3-6H,7-8,18H2,1-2H3. The van der Waals surface area contributed by atoms with Crippen molar-refractivity contribution in [3.8, 4) is 0 Å². The van der Waals surface area contributed by atoms with E-state index in [4.69, 9.17) is 10.3 Å². The van der Waals surface area contributed by atoms with E-state index in [1.807, 2.05) is 26.0 Å². The topological polar surface area (TPSA) is 64.9 Å². The van der Waals surface area contributed by atoms with Gasteiger partial charge >= 0.3 is 6.18 Å². The number of halogens is 3. The van der Waals surface area contributed by atoms with Crippen molar-refractivity contribution in [2.75, 3.05) is 5.73 Å². The summed E-state index contributed by atoms with van der Waals surface area (Å²) in [5.74, 6) is 0.343. The zero-order chi connectivity index (χ0) is 15.7. The van der Waals surface area contributed by atoms with Gasteiger partial charge in [0.2, 0.25) is 5.89 Å². The van der Waals surface area contributed by atoms with Gasteiger partial charge in [-0.15, -0.1) is 0 Å². The number of aryl methyl sites for hydroxylation is 1. The second-order valence-corrected chi connectivity index (χ2v) is 5.38. The van der Waals surface area contributed by atoms with Gasteiger partial charge in [0.15, 0.2) is 5.82 Å². The summed E-state index contributed by atoms with van der Waals surface area (Å²) in [6.45, 7) is 3.72. The summed E-state index contributed by atoms with van der Waals surface area (Å²) in [6, 6.07) is 7.15. The van der Waals surface area contributed by atoms with Crippen molar-refractivity contribution in [1.29, 1.82) is 0 Å². The zero-order valence-corrected chi connectivity index (χ0v) is 11.7. The van der Waals surface area contributed by atoms with Crippen molar-refractivity contribution < 1.29 is 17.7 Å². The number of anilines is 1. The summed E-state index contributed by atoms with van der Waals surface area (Å²) in [6.07, 6.45) is -5.48. The Kier molecular flexibility index (Phi) is 3.93. The third kappa shape index (κ3) is 3.74. The van der Waals surface area contributed by atoms with Crippen LogP contribution in [0.1, 0.15) is 37.5 Å². The fourth-order valence-electron chi connectivity index (χ4n) is 1.89. The van der Waals surface area contributed by atoms with E-state index in [2.05, 4.69) is 10.1 Å². The molecule has 2 N–H and O–H groups in total. The molecular weight excluding hydrogens is 283 g/mol. The third-order valence-electron chi connectivity index (χ3n) is 3.27. The minimum atomic E-state index is -4.23. The molecule has 0 fully saturated rings. The van der Waals surface area contributed by atoms with Crippen molar-refractivity contribution in [3.63, 3.8) is 0 Å². The van der Waals surface area contributed by atoms with E-state index >= 15 is 0 Å². The van der Waals surface area contributed by atoms with E-state index in [1.165, 1.54) is 0 Å². The molecule has 0 spiro atoms. The lowest BCUT2D eigenvalue weighted by Crippen LogP contribution is -2.19. The van der Waals surface area contributed by atoms with Crippen LogP contribution in [-0.2, 0) is 11.8 Å². The molecule has 0 unspecified atom stereocenters. The molecule has 0 aliphatic carbocycles. The van der Waals surface area contributed by atoms with Crippen molar-refractivity contribution in [2.45, 2.75) is 38.3 Å². The smallest absolute Gasteiger partial charge is 0.389 e. The number of hydrogen-bond donors (Lipinski definition) is 1. The second kappa shape index (κ2) is 5.38. The first-order chi connectivity index (χ1) is 9.68. The highest BCUT2D eigenvalue weighted by Crippen LogP contribution is 2.31. The number of hydrogen-bond acceptors (Lipinski definition) is 4. The lowest BCUT2D eigenvalue weighted by molar-refractivity contribution is -0.134. The Bertz CT molecular complexity index is 603. The van der Waals surface area contributed by atoms with Gasteiger partial charge in [0, 0.05) is 12.1 Å². The van der Waals surface area contributed by atoms with Gasteiger partial charge < -0.3 is 10.3 Å². The number of nitrogen functional groups attached to an aromatic ring is 1. The molecule has 2 aromatic rings. The first-order valence-corrected chi connectivity index (χ1v) is 6.44. The maximum Gasteiger partial charge on any atom is 0.389 e. The van der Waals surface area contributed by atoms with E-state index in [1.54, 1.807) is 12.1 Å². The molecule has 1 aromatic carbocycles. The predicted molar refractivity (Wildman–Crippen MR) is 71.7 cm³/mol. The van der Waals surface area contributed by atoms with Gasteiger partial charge in [0.1, 0.15) is 0 Å². The normalized spacial score (nSPS) is 12.6. The summed E-state index contributed by atoms with van der Waals surface area (Å²) in [5, 5.41) is 3.62. The van der Waals surface area contributed by atoms with E-state index in [-0.39, 0.29) is 18.1 Å². The first kappa shape index (κ1) is 15.3. The van der Waals surface area contributed by atoms with Crippen LogP contribution in [0.2, 0.25) is 0 Å². The summed E-state index contributed by atoms with van der Waals surface area (Å²) in [7, 11) is 0. The van der Waals surface area contributed by atoms with Crippen molar-refractivity contribution >= 4 is 5.69 Å². The fourth-order valence-corrected chi connectivity index (χ4v) is 1.89. The van der Waals surface area contributed by atoms with Crippen LogP contribution in [0.25, 0.3) is 0 Å². The molecule has 21 heavy (non-hydrogen) atoms. The molecule has 1 heterocycles. The third-order valence-corrected chi connectivity index (χ3v) is 3.27. The minimum absolute atomic E-state index is 0.0610. The number of benzene rings is 1. The predicted octanol–water partition coefficient (Wildman–Crippen LogP) is 3.47. The Labute approximate surface area is 120 Å². The van der Waals surface area contributed by atoms with Gasteiger partial charge in [0.05, 0.1) is 11.8 Å². The van der Waals surface area contributed by atoms with E-state index in [0.717, 1.165) is 5.56 Å².